The van der Waals surface area contributed by atoms with Gasteiger partial charge in [0.25, 0.3) is 5.91 Å². The van der Waals surface area contributed by atoms with Gasteiger partial charge >= 0.3 is 6.36 Å². The van der Waals surface area contributed by atoms with Crippen LogP contribution in [0.4, 0.5) is 17.6 Å². The predicted molar refractivity (Wildman–Crippen MR) is 94.2 cm³/mol. The molecule has 156 valence electrons. The van der Waals surface area contributed by atoms with Crippen molar-refractivity contribution in [3.05, 3.63) is 59.9 Å². The van der Waals surface area contributed by atoms with E-state index in [2.05, 4.69) is 4.74 Å². The second kappa shape index (κ2) is 7.99. The van der Waals surface area contributed by atoms with Gasteiger partial charge in [-0.3, -0.25) is 4.79 Å². The molecule has 29 heavy (non-hydrogen) atoms. The number of piperazine rings is 1. The van der Waals surface area contributed by atoms with E-state index in [1.54, 1.807) is 0 Å². The summed E-state index contributed by atoms with van der Waals surface area (Å²) in [5.41, 5.74) is 0.294. The molecule has 11 heteroatoms. The monoisotopic (exact) mass is 432 g/mol. The lowest BCUT2D eigenvalue weighted by molar-refractivity contribution is -0.274. The van der Waals surface area contributed by atoms with E-state index in [1.165, 1.54) is 29.2 Å². The van der Waals surface area contributed by atoms with Crippen LogP contribution in [0.25, 0.3) is 0 Å². The Labute approximate surface area is 164 Å². The van der Waals surface area contributed by atoms with Crippen molar-refractivity contribution in [1.29, 1.82) is 0 Å². The number of carbonyl (C=O) groups excluding carboxylic acids is 1. The van der Waals surface area contributed by atoms with Crippen molar-refractivity contribution in [1.82, 2.24) is 9.21 Å². The van der Waals surface area contributed by atoms with Gasteiger partial charge in [0.15, 0.2) is 0 Å². The summed E-state index contributed by atoms with van der Waals surface area (Å²) in [5, 5.41) is 0. The molecular formula is C18H16F4N2O4S. The first-order valence-corrected chi connectivity index (χ1v) is 9.91. The molecule has 1 heterocycles. The second-order valence-electron chi connectivity index (χ2n) is 6.22. The molecule has 3 rings (SSSR count). The third-order valence-electron chi connectivity index (χ3n) is 4.31. The van der Waals surface area contributed by atoms with E-state index in [-0.39, 0.29) is 37.0 Å². The molecule has 0 spiro atoms. The summed E-state index contributed by atoms with van der Waals surface area (Å²) in [7, 11) is -3.93. The van der Waals surface area contributed by atoms with Crippen molar-refractivity contribution in [3.63, 3.8) is 0 Å². The lowest BCUT2D eigenvalue weighted by atomic mass is 10.2. The summed E-state index contributed by atoms with van der Waals surface area (Å²) >= 11 is 0. The Morgan fingerprint density at radius 1 is 0.897 bits per heavy atom. The highest BCUT2D eigenvalue weighted by atomic mass is 32.2. The minimum Gasteiger partial charge on any atom is -0.406 e. The van der Waals surface area contributed by atoms with Gasteiger partial charge in [0.2, 0.25) is 10.0 Å². The smallest absolute Gasteiger partial charge is 0.406 e. The largest absolute Gasteiger partial charge is 0.573 e. The number of sulfonamides is 1. The fraction of sp³-hybridized carbons (Fsp3) is 0.278. The Morgan fingerprint density at radius 2 is 1.45 bits per heavy atom. The van der Waals surface area contributed by atoms with Gasteiger partial charge in [-0.1, -0.05) is 0 Å². The Morgan fingerprint density at radius 3 is 1.97 bits per heavy atom. The van der Waals surface area contributed by atoms with Crippen LogP contribution in [-0.2, 0) is 10.0 Å². The molecule has 1 saturated heterocycles. The normalized spacial score (nSPS) is 15.9. The van der Waals surface area contributed by atoms with Crippen LogP contribution in [0, 0.1) is 5.82 Å². The van der Waals surface area contributed by atoms with Crippen LogP contribution < -0.4 is 4.74 Å². The average Bonchev–Trinajstić information content (AvgIpc) is 2.67. The summed E-state index contributed by atoms with van der Waals surface area (Å²) in [4.78, 5) is 13.7. The number of ether oxygens (including phenoxy) is 1. The molecule has 0 bridgehead atoms. The first-order chi connectivity index (χ1) is 13.6. The van der Waals surface area contributed by atoms with Crippen LogP contribution in [0.15, 0.2) is 53.4 Å². The maximum Gasteiger partial charge on any atom is 0.573 e. The van der Waals surface area contributed by atoms with Crippen LogP contribution in [0.2, 0.25) is 0 Å². The Bertz CT molecular complexity index is 968. The predicted octanol–water partition coefficient (Wildman–Crippen LogP) is 2.87. The van der Waals surface area contributed by atoms with E-state index in [0.717, 1.165) is 28.6 Å². The molecule has 1 amide bonds. The zero-order valence-corrected chi connectivity index (χ0v) is 15.7. The second-order valence-corrected chi connectivity index (χ2v) is 8.16. The number of hydrogen-bond acceptors (Lipinski definition) is 4. The average molecular weight is 432 g/mol. The number of hydrogen-bond donors (Lipinski definition) is 0. The summed E-state index contributed by atoms with van der Waals surface area (Å²) in [5.74, 6) is -1.33. The maximum absolute atomic E-state index is 13.0. The number of rotatable bonds is 4. The van der Waals surface area contributed by atoms with Gasteiger partial charge in [-0.2, -0.15) is 4.31 Å². The molecule has 2 aromatic carbocycles. The van der Waals surface area contributed by atoms with Gasteiger partial charge in [-0.25, -0.2) is 12.8 Å². The van der Waals surface area contributed by atoms with Crippen molar-refractivity contribution < 1.29 is 35.5 Å². The number of benzene rings is 2. The van der Waals surface area contributed by atoms with E-state index < -0.39 is 28.0 Å². The first-order valence-electron chi connectivity index (χ1n) is 8.47. The Balaban J connectivity index is 1.65. The van der Waals surface area contributed by atoms with Gasteiger partial charge in [-0.05, 0) is 48.5 Å². The van der Waals surface area contributed by atoms with Crippen molar-refractivity contribution >= 4 is 15.9 Å². The van der Waals surface area contributed by atoms with Gasteiger partial charge in [0.05, 0.1) is 4.90 Å². The van der Waals surface area contributed by atoms with Crippen LogP contribution >= 0.6 is 0 Å². The molecule has 0 N–H and O–H groups in total. The number of alkyl halides is 3. The maximum atomic E-state index is 13.0. The lowest BCUT2D eigenvalue weighted by Gasteiger charge is -2.34. The topological polar surface area (TPSA) is 66.9 Å². The molecule has 0 atom stereocenters. The van der Waals surface area contributed by atoms with Crippen molar-refractivity contribution in [2.45, 2.75) is 11.3 Å². The van der Waals surface area contributed by atoms with Gasteiger partial charge in [0.1, 0.15) is 11.6 Å². The zero-order chi connectivity index (χ0) is 21.2. The number of carbonyl (C=O) groups is 1. The molecule has 0 aliphatic carbocycles. The number of nitrogens with zero attached hydrogens (tertiary/aromatic N) is 2. The zero-order valence-electron chi connectivity index (χ0n) is 14.9. The lowest BCUT2D eigenvalue weighted by Crippen LogP contribution is -2.50. The quantitative estimate of drug-likeness (QED) is 0.697. The highest BCUT2D eigenvalue weighted by Gasteiger charge is 2.32. The van der Waals surface area contributed by atoms with Gasteiger partial charge in [0, 0.05) is 31.7 Å². The molecule has 2 aromatic rings. The fourth-order valence-electron chi connectivity index (χ4n) is 2.87. The molecule has 0 saturated carbocycles. The van der Waals surface area contributed by atoms with Gasteiger partial charge < -0.3 is 9.64 Å². The summed E-state index contributed by atoms with van der Waals surface area (Å²) in [6, 6.07) is 8.96. The number of amides is 1. The molecule has 6 nitrogen and oxygen atoms in total. The summed E-state index contributed by atoms with van der Waals surface area (Å²) in [6.45, 7) is 0.307. The molecule has 0 unspecified atom stereocenters. The van der Waals surface area contributed by atoms with Crippen molar-refractivity contribution in [3.8, 4) is 5.75 Å². The summed E-state index contributed by atoms with van der Waals surface area (Å²) in [6.07, 6.45) is -4.87. The third-order valence-corrected chi connectivity index (χ3v) is 6.22. The first kappa shape index (κ1) is 21.1. The number of halogens is 4. The third kappa shape index (κ3) is 5.04. The van der Waals surface area contributed by atoms with Crippen molar-refractivity contribution in [2.75, 3.05) is 26.2 Å². The Hall–Kier alpha value is -2.66. The minimum atomic E-state index is -4.87. The minimum absolute atomic E-state index is 0.0239. The van der Waals surface area contributed by atoms with E-state index in [1.807, 2.05) is 0 Å². The fourth-order valence-corrected chi connectivity index (χ4v) is 4.29. The molecule has 1 aliphatic heterocycles. The van der Waals surface area contributed by atoms with Crippen LogP contribution in [-0.4, -0.2) is 56.1 Å². The molecule has 1 fully saturated rings. The van der Waals surface area contributed by atoms with E-state index in [9.17, 15) is 30.8 Å². The van der Waals surface area contributed by atoms with Crippen LogP contribution in [0.3, 0.4) is 0 Å². The Kier molecular flexibility index (Phi) is 5.80. The van der Waals surface area contributed by atoms with Crippen LogP contribution in [0.1, 0.15) is 10.4 Å². The summed E-state index contributed by atoms with van der Waals surface area (Å²) < 4.78 is 79.9. The van der Waals surface area contributed by atoms with Gasteiger partial charge in [-0.15, -0.1) is 13.2 Å². The van der Waals surface area contributed by atoms with E-state index in [4.69, 9.17) is 0 Å². The molecule has 0 aromatic heterocycles. The van der Waals surface area contributed by atoms with Crippen molar-refractivity contribution in [2.24, 2.45) is 0 Å². The van der Waals surface area contributed by atoms with E-state index >= 15 is 0 Å². The molecule has 1 aliphatic rings. The molecular weight excluding hydrogens is 416 g/mol. The highest BCUT2D eigenvalue weighted by molar-refractivity contribution is 7.89. The standard InChI is InChI=1S/C18H16F4N2O4S/c19-14-3-1-13(2-4-14)17(25)23-9-11-24(12-10-23)29(26,27)16-7-5-15(6-8-16)28-18(20,21)22/h1-8H,9-12H2. The van der Waals surface area contributed by atoms with Crippen LogP contribution in [0.5, 0.6) is 5.75 Å². The SMILES string of the molecule is O=C(c1ccc(F)cc1)N1CCN(S(=O)(=O)c2ccc(OC(F)(F)F)cc2)CC1. The highest BCUT2D eigenvalue weighted by Crippen LogP contribution is 2.25. The van der Waals surface area contributed by atoms with E-state index in [0.29, 0.717) is 5.56 Å². The molecule has 0 radical (unpaired) electrons.